The number of ketones is 1. The lowest BCUT2D eigenvalue weighted by atomic mass is 9.87. The largest absolute Gasteiger partial charge is 0.497 e. The van der Waals surface area contributed by atoms with Crippen LogP contribution in [0.5, 0.6) is 5.75 Å². The van der Waals surface area contributed by atoms with Gasteiger partial charge in [-0.15, -0.1) is 0 Å². The summed E-state index contributed by atoms with van der Waals surface area (Å²) in [7, 11) is 1.52. The SMILES string of the molecule is CCC1(c2ccc(F)cc2)NC(=O)N(CC(=O)c2ccc(OC)cc2)C1=O. The molecule has 3 rings (SSSR count). The van der Waals surface area contributed by atoms with E-state index in [1.165, 1.54) is 31.4 Å². The molecule has 140 valence electrons. The third kappa shape index (κ3) is 3.28. The van der Waals surface area contributed by atoms with Crippen molar-refractivity contribution in [3.63, 3.8) is 0 Å². The fourth-order valence-corrected chi connectivity index (χ4v) is 3.16. The molecule has 0 bridgehead atoms. The van der Waals surface area contributed by atoms with Crippen LogP contribution in [-0.2, 0) is 10.3 Å². The van der Waals surface area contributed by atoms with Gasteiger partial charge in [0.1, 0.15) is 17.1 Å². The molecule has 1 fully saturated rings. The highest BCUT2D eigenvalue weighted by Crippen LogP contribution is 2.32. The van der Waals surface area contributed by atoms with Crippen molar-refractivity contribution in [3.05, 3.63) is 65.5 Å². The van der Waals surface area contributed by atoms with Crippen LogP contribution in [-0.4, -0.2) is 36.3 Å². The number of rotatable bonds is 6. The van der Waals surface area contributed by atoms with Crippen molar-refractivity contribution in [1.29, 1.82) is 0 Å². The van der Waals surface area contributed by atoms with Crippen LogP contribution >= 0.6 is 0 Å². The number of carbonyl (C=O) groups is 3. The third-order valence-electron chi connectivity index (χ3n) is 4.76. The number of urea groups is 1. The van der Waals surface area contributed by atoms with Crippen LogP contribution in [0.25, 0.3) is 0 Å². The van der Waals surface area contributed by atoms with Gasteiger partial charge in [-0.25, -0.2) is 9.18 Å². The summed E-state index contributed by atoms with van der Waals surface area (Å²) in [4.78, 5) is 38.8. The van der Waals surface area contributed by atoms with E-state index in [1.807, 2.05) is 0 Å². The maximum Gasteiger partial charge on any atom is 0.325 e. The van der Waals surface area contributed by atoms with Crippen LogP contribution in [0.4, 0.5) is 9.18 Å². The second-order valence-corrected chi connectivity index (χ2v) is 6.24. The van der Waals surface area contributed by atoms with Crippen molar-refractivity contribution < 1.29 is 23.5 Å². The van der Waals surface area contributed by atoms with E-state index in [1.54, 1.807) is 31.2 Å². The predicted octanol–water partition coefficient (Wildman–Crippen LogP) is 2.87. The molecule has 1 atom stereocenters. The molecule has 0 spiro atoms. The summed E-state index contributed by atoms with van der Waals surface area (Å²) >= 11 is 0. The normalized spacial score (nSPS) is 19.1. The summed E-state index contributed by atoms with van der Waals surface area (Å²) in [5, 5.41) is 2.67. The van der Waals surface area contributed by atoms with E-state index in [0.717, 1.165) is 4.90 Å². The fourth-order valence-electron chi connectivity index (χ4n) is 3.16. The van der Waals surface area contributed by atoms with Gasteiger partial charge in [0, 0.05) is 5.56 Å². The van der Waals surface area contributed by atoms with E-state index in [-0.39, 0.29) is 18.7 Å². The third-order valence-corrected chi connectivity index (χ3v) is 4.76. The van der Waals surface area contributed by atoms with Gasteiger partial charge in [0.25, 0.3) is 5.91 Å². The van der Waals surface area contributed by atoms with Gasteiger partial charge in [-0.2, -0.15) is 0 Å². The number of nitrogens with one attached hydrogen (secondary N) is 1. The first-order valence-electron chi connectivity index (χ1n) is 8.48. The lowest BCUT2D eigenvalue weighted by Crippen LogP contribution is -2.43. The number of methoxy groups -OCH3 is 1. The molecule has 1 aliphatic rings. The van der Waals surface area contributed by atoms with E-state index in [4.69, 9.17) is 4.74 Å². The summed E-state index contributed by atoms with van der Waals surface area (Å²) in [5.74, 6) is -0.730. The Morgan fingerprint density at radius 1 is 1.11 bits per heavy atom. The summed E-state index contributed by atoms with van der Waals surface area (Å²) in [6.07, 6.45) is 0.274. The number of nitrogens with zero attached hydrogens (tertiary/aromatic N) is 1. The van der Waals surface area contributed by atoms with E-state index in [0.29, 0.717) is 16.9 Å². The van der Waals surface area contributed by atoms with Crippen molar-refractivity contribution in [1.82, 2.24) is 10.2 Å². The molecule has 2 aromatic carbocycles. The van der Waals surface area contributed by atoms with Crippen molar-refractivity contribution >= 4 is 17.7 Å². The first-order chi connectivity index (χ1) is 12.9. The van der Waals surface area contributed by atoms with Crippen LogP contribution in [0.3, 0.4) is 0 Å². The fraction of sp³-hybridized carbons (Fsp3) is 0.250. The highest BCUT2D eigenvalue weighted by molar-refractivity contribution is 6.11. The van der Waals surface area contributed by atoms with E-state index in [9.17, 15) is 18.8 Å². The standard InChI is InChI=1S/C20H19FN2O4/c1-3-20(14-6-8-15(21)9-7-14)18(25)23(19(26)22-20)12-17(24)13-4-10-16(27-2)11-5-13/h4-11H,3,12H2,1-2H3,(H,22,26). The molecular formula is C20H19FN2O4. The van der Waals surface area contributed by atoms with Gasteiger partial charge in [-0.3, -0.25) is 14.5 Å². The Morgan fingerprint density at radius 2 is 1.74 bits per heavy atom. The van der Waals surface area contributed by atoms with Crippen molar-refractivity contribution in [2.24, 2.45) is 0 Å². The molecule has 1 N–H and O–H groups in total. The monoisotopic (exact) mass is 370 g/mol. The topological polar surface area (TPSA) is 75.7 Å². The Labute approximate surface area is 155 Å². The van der Waals surface area contributed by atoms with Crippen LogP contribution in [0.15, 0.2) is 48.5 Å². The lowest BCUT2D eigenvalue weighted by Gasteiger charge is -2.25. The van der Waals surface area contributed by atoms with E-state index >= 15 is 0 Å². The summed E-state index contributed by atoms with van der Waals surface area (Å²) in [6, 6.07) is 11.2. The average Bonchev–Trinajstić information content (AvgIpc) is 2.93. The van der Waals surface area contributed by atoms with Gasteiger partial charge in [-0.05, 0) is 48.4 Å². The number of hydrogen-bond acceptors (Lipinski definition) is 4. The molecule has 0 aromatic heterocycles. The molecule has 3 amide bonds. The second kappa shape index (κ2) is 7.19. The molecule has 7 heteroatoms. The molecule has 0 radical (unpaired) electrons. The number of Topliss-reactive ketones (excluding diaryl/α,β-unsaturated/α-hetero) is 1. The predicted molar refractivity (Wildman–Crippen MR) is 95.9 cm³/mol. The van der Waals surface area contributed by atoms with Gasteiger partial charge in [0.2, 0.25) is 0 Å². The number of halogens is 1. The maximum atomic E-state index is 13.2. The van der Waals surface area contributed by atoms with Crippen LogP contribution < -0.4 is 10.1 Å². The van der Waals surface area contributed by atoms with Crippen LogP contribution in [0, 0.1) is 5.82 Å². The number of carbonyl (C=O) groups excluding carboxylic acids is 3. The zero-order valence-corrected chi connectivity index (χ0v) is 15.0. The minimum atomic E-state index is -1.30. The number of ether oxygens (including phenoxy) is 1. The first kappa shape index (κ1) is 18.6. The van der Waals surface area contributed by atoms with Crippen LogP contribution in [0.1, 0.15) is 29.3 Å². The Morgan fingerprint density at radius 3 is 2.30 bits per heavy atom. The number of imide groups is 1. The quantitative estimate of drug-likeness (QED) is 0.627. The minimum absolute atomic E-state index is 0.274. The molecular weight excluding hydrogens is 351 g/mol. The number of amides is 3. The first-order valence-corrected chi connectivity index (χ1v) is 8.48. The second-order valence-electron chi connectivity index (χ2n) is 6.24. The van der Waals surface area contributed by atoms with Crippen molar-refractivity contribution in [2.75, 3.05) is 13.7 Å². The van der Waals surface area contributed by atoms with Crippen molar-refractivity contribution in [3.8, 4) is 5.75 Å². The summed E-state index contributed by atoms with van der Waals surface area (Å²) < 4.78 is 18.3. The molecule has 6 nitrogen and oxygen atoms in total. The maximum absolute atomic E-state index is 13.2. The Hall–Kier alpha value is -3.22. The van der Waals surface area contributed by atoms with Crippen molar-refractivity contribution in [2.45, 2.75) is 18.9 Å². The number of benzene rings is 2. The molecule has 0 saturated carbocycles. The summed E-state index contributed by atoms with van der Waals surface area (Å²) in [6.45, 7) is 1.37. The van der Waals surface area contributed by atoms with E-state index < -0.39 is 23.3 Å². The molecule has 0 aliphatic carbocycles. The van der Waals surface area contributed by atoms with Gasteiger partial charge in [0.05, 0.1) is 13.7 Å². The lowest BCUT2D eigenvalue weighted by molar-refractivity contribution is -0.131. The van der Waals surface area contributed by atoms with Gasteiger partial charge >= 0.3 is 6.03 Å². The Bertz CT molecular complexity index is 880. The molecule has 1 unspecified atom stereocenters. The highest BCUT2D eigenvalue weighted by atomic mass is 19.1. The molecule has 1 saturated heterocycles. The van der Waals surface area contributed by atoms with E-state index in [2.05, 4.69) is 5.32 Å². The van der Waals surface area contributed by atoms with Gasteiger partial charge < -0.3 is 10.1 Å². The zero-order valence-electron chi connectivity index (χ0n) is 15.0. The smallest absolute Gasteiger partial charge is 0.325 e. The molecule has 2 aromatic rings. The Balaban J connectivity index is 1.84. The minimum Gasteiger partial charge on any atom is -0.497 e. The molecule has 1 heterocycles. The number of hydrogen-bond donors (Lipinski definition) is 1. The zero-order chi connectivity index (χ0) is 19.6. The average molecular weight is 370 g/mol. The van der Waals surface area contributed by atoms with Gasteiger partial charge in [0.15, 0.2) is 5.78 Å². The van der Waals surface area contributed by atoms with Crippen LogP contribution in [0.2, 0.25) is 0 Å². The molecule has 1 aliphatic heterocycles. The van der Waals surface area contributed by atoms with Gasteiger partial charge in [-0.1, -0.05) is 19.1 Å². The molecule has 27 heavy (non-hydrogen) atoms. The summed E-state index contributed by atoms with van der Waals surface area (Å²) in [5.41, 5.74) is -0.457. The highest BCUT2D eigenvalue weighted by Gasteiger charge is 2.51. The Kier molecular flexibility index (Phi) is 4.94.